The van der Waals surface area contributed by atoms with Crippen molar-refractivity contribution in [1.82, 2.24) is 0 Å². The Bertz CT molecular complexity index is 105. The molecule has 0 amide bonds. The van der Waals surface area contributed by atoms with Crippen molar-refractivity contribution in [2.75, 3.05) is 7.11 Å². The van der Waals surface area contributed by atoms with Gasteiger partial charge in [-0.3, -0.25) is 4.79 Å². The summed E-state index contributed by atoms with van der Waals surface area (Å²) >= 11 is 9.42. The zero-order valence-corrected chi connectivity index (χ0v) is 6.95. The van der Waals surface area contributed by atoms with Gasteiger partial charge < -0.3 is 4.74 Å². The molecule has 0 fully saturated rings. The molecule has 0 radical (unpaired) electrons. The predicted molar refractivity (Wildman–Crippen MR) is 40.1 cm³/mol. The lowest BCUT2D eigenvalue weighted by Crippen LogP contribution is -2.23. The van der Waals surface area contributed by atoms with Crippen LogP contribution in [0.5, 0.6) is 0 Å². The zero-order chi connectivity index (χ0) is 7.44. The molecule has 2 unspecified atom stereocenters. The predicted octanol–water partition coefficient (Wildman–Crippen LogP) is 1.09. The first-order valence-electron chi connectivity index (χ1n) is 2.49. The van der Waals surface area contributed by atoms with Crippen LogP contribution in [-0.2, 0) is 9.53 Å². The summed E-state index contributed by atoms with van der Waals surface area (Å²) in [6, 6.07) is 0. The van der Waals surface area contributed by atoms with Crippen molar-refractivity contribution in [3.63, 3.8) is 0 Å². The van der Waals surface area contributed by atoms with Crippen molar-refractivity contribution < 1.29 is 9.53 Å². The smallest absolute Gasteiger partial charge is 0.320 e. The van der Waals surface area contributed by atoms with Gasteiger partial charge in [0, 0.05) is 0 Å². The van der Waals surface area contributed by atoms with E-state index in [1.807, 2.05) is 0 Å². The standard InChI is InChI=1S/C5H9ClO2S/c1-3(6)4(9)5(7)8-2/h3-4,9H,1-2H3. The maximum Gasteiger partial charge on any atom is 0.320 e. The number of methoxy groups -OCH3 is 1. The van der Waals surface area contributed by atoms with E-state index in [4.69, 9.17) is 11.6 Å². The van der Waals surface area contributed by atoms with Gasteiger partial charge in [-0.1, -0.05) is 0 Å². The molecule has 0 aromatic rings. The summed E-state index contributed by atoms with van der Waals surface area (Å²) in [5, 5.41) is -0.808. The van der Waals surface area contributed by atoms with Crippen molar-refractivity contribution >= 4 is 30.2 Å². The van der Waals surface area contributed by atoms with Crippen LogP contribution in [0.2, 0.25) is 0 Å². The Labute approximate surface area is 64.9 Å². The number of esters is 1. The summed E-state index contributed by atoms with van der Waals surface area (Å²) in [4.78, 5) is 10.6. The second-order valence-corrected chi connectivity index (χ2v) is 2.89. The molecular formula is C5H9ClO2S. The second kappa shape index (κ2) is 4.01. The highest BCUT2D eigenvalue weighted by molar-refractivity contribution is 7.82. The molecular weight excluding hydrogens is 160 g/mol. The molecule has 0 N–H and O–H groups in total. The van der Waals surface area contributed by atoms with Gasteiger partial charge in [-0.2, -0.15) is 12.6 Å². The first kappa shape index (κ1) is 9.11. The Morgan fingerprint density at radius 2 is 2.22 bits per heavy atom. The lowest BCUT2D eigenvalue weighted by Gasteiger charge is -2.08. The number of hydrogen-bond acceptors (Lipinski definition) is 3. The summed E-state index contributed by atoms with van der Waals surface area (Å²) in [5.74, 6) is -0.388. The molecule has 9 heavy (non-hydrogen) atoms. The molecule has 0 rings (SSSR count). The van der Waals surface area contributed by atoms with Crippen molar-refractivity contribution in [2.24, 2.45) is 0 Å². The number of rotatable bonds is 2. The van der Waals surface area contributed by atoms with Crippen LogP contribution < -0.4 is 0 Å². The largest absolute Gasteiger partial charge is 0.468 e. The Balaban J connectivity index is 3.72. The molecule has 54 valence electrons. The summed E-state index contributed by atoms with van der Waals surface area (Å²) in [6.45, 7) is 1.69. The molecule has 0 saturated carbocycles. The number of ether oxygens (including phenoxy) is 1. The van der Waals surface area contributed by atoms with Gasteiger partial charge in [-0.05, 0) is 6.92 Å². The highest BCUT2D eigenvalue weighted by Crippen LogP contribution is 2.09. The fourth-order valence-electron chi connectivity index (χ4n) is 0.308. The highest BCUT2D eigenvalue weighted by Gasteiger charge is 2.19. The minimum atomic E-state index is -0.517. The molecule has 0 aliphatic heterocycles. The summed E-state index contributed by atoms with van der Waals surface area (Å²) < 4.78 is 4.37. The summed E-state index contributed by atoms with van der Waals surface area (Å²) in [6.07, 6.45) is 0. The highest BCUT2D eigenvalue weighted by atomic mass is 35.5. The molecule has 0 aromatic carbocycles. The van der Waals surface area contributed by atoms with E-state index in [9.17, 15) is 4.79 Å². The first-order valence-corrected chi connectivity index (χ1v) is 3.45. The van der Waals surface area contributed by atoms with Gasteiger partial charge in [0.25, 0.3) is 0 Å². The zero-order valence-electron chi connectivity index (χ0n) is 5.30. The Hall–Kier alpha value is 0.110. The minimum absolute atomic E-state index is 0.291. The van der Waals surface area contributed by atoms with Gasteiger partial charge in [0.2, 0.25) is 0 Å². The number of carbonyl (C=O) groups excluding carboxylic acids is 1. The normalized spacial score (nSPS) is 16.4. The first-order chi connectivity index (χ1) is 4.09. The Morgan fingerprint density at radius 3 is 2.33 bits per heavy atom. The molecule has 0 bridgehead atoms. The van der Waals surface area contributed by atoms with Gasteiger partial charge in [0.1, 0.15) is 5.25 Å². The van der Waals surface area contributed by atoms with Crippen LogP contribution in [0.1, 0.15) is 6.92 Å². The molecule has 0 heterocycles. The number of halogens is 1. The molecule has 4 heteroatoms. The molecule has 0 spiro atoms. The SMILES string of the molecule is COC(=O)C(S)C(C)Cl. The molecule has 2 atom stereocenters. The van der Waals surface area contributed by atoms with Crippen LogP contribution in [0.4, 0.5) is 0 Å². The molecule has 0 aliphatic carbocycles. The van der Waals surface area contributed by atoms with E-state index in [-0.39, 0.29) is 11.3 Å². The summed E-state index contributed by atoms with van der Waals surface area (Å²) in [7, 11) is 1.31. The third-order valence-corrected chi connectivity index (χ3v) is 1.96. The number of alkyl halides is 1. The van der Waals surface area contributed by atoms with E-state index in [2.05, 4.69) is 17.4 Å². The Morgan fingerprint density at radius 1 is 1.78 bits per heavy atom. The average Bonchev–Trinajstić information content (AvgIpc) is 1.84. The van der Waals surface area contributed by atoms with Crippen LogP contribution in [0.15, 0.2) is 0 Å². The van der Waals surface area contributed by atoms with Gasteiger partial charge in [-0.15, -0.1) is 11.6 Å². The third kappa shape index (κ3) is 2.96. The van der Waals surface area contributed by atoms with Crippen molar-refractivity contribution in [2.45, 2.75) is 17.6 Å². The summed E-state index contributed by atoms with van der Waals surface area (Å²) in [5.41, 5.74) is 0. The number of thiol groups is 1. The van der Waals surface area contributed by atoms with Crippen LogP contribution in [0, 0.1) is 0 Å². The van der Waals surface area contributed by atoms with Crippen LogP contribution >= 0.6 is 24.2 Å². The van der Waals surface area contributed by atoms with Gasteiger partial charge in [0.05, 0.1) is 12.5 Å². The van der Waals surface area contributed by atoms with E-state index in [0.29, 0.717) is 0 Å². The van der Waals surface area contributed by atoms with Crippen molar-refractivity contribution in [1.29, 1.82) is 0 Å². The Kier molecular flexibility index (Phi) is 4.06. The molecule has 0 saturated heterocycles. The average molecular weight is 169 g/mol. The van der Waals surface area contributed by atoms with E-state index in [1.54, 1.807) is 6.92 Å². The lowest BCUT2D eigenvalue weighted by molar-refractivity contribution is -0.139. The quantitative estimate of drug-likeness (QED) is 0.380. The van der Waals surface area contributed by atoms with Crippen molar-refractivity contribution in [3.05, 3.63) is 0 Å². The fourth-order valence-corrected chi connectivity index (χ4v) is 0.517. The topological polar surface area (TPSA) is 26.3 Å². The van der Waals surface area contributed by atoms with Gasteiger partial charge in [0.15, 0.2) is 0 Å². The van der Waals surface area contributed by atoms with Crippen LogP contribution in [0.3, 0.4) is 0 Å². The maximum absolute atomic E-state index is 10.6. The van der Waals surface area contributed by atoms with E-state index in [0.717, 1.165) is 0 Å². The van der Waals surface area contributed by atoms with Gasteiger partial charge in [-0.25, -0.2) is 0 Å². The van der Waals surface area contributed by atoms with Crippen LogP contribution in [-0.4, -0.2) is 23.7 Å². The van der Waals surface area contributed by atoms with E-state index < -0.39 is 5.25 Å². The maximum atomic E-state index is 10.6. The molecule has 0 aliphatic rings. The lowest BCUT2D eigenvalue weighted by atomic mass is 10.3. The number of hydrogen-bond donors (Lipinski definition) is 1. The molecule has 2 nitrogen and oxygen atoms in total. The van der Waals surface area contributed by atoms with E-state index >= 15 is 0 Å². The monoisotopic (exact) mass is 168 g/mol. The second-order valence-electron chi connectivity index (χ2n) is 1.65. The van der Waals surface area contributed by atoms with E-state index in [1.165, 1.54) is 7.11 Å². The molecule has 0 aromatic heterocycles. The van der Waals surface area contributed by atoms with Crippen molar-refractivity contribution in [3.8, 4) is 0 Å². The fraction of sp³-hybridized carbons (Fsp3) is 0.800. The third-order valence-electron chi connectivity index (χ3n) is 0.878. The number of carbonyl (C=O) groups is 1. The van der Waals surface area contributed by atoms with Gasteiger partial charge >= 0.3 is 5.97 Å². The van der Waals surface area contributed by atoms with Crippen LogP contribution in [0.25, 0.3) is 0 Å². The minimum Gasteiger partial charge on any atom is -0.468 e.